The van der Waals surface area contributed by atoms with E-state index >= 15 is 0 Å². The predicted molar refractivity (Wildman–Crippen MR) is 84.4 cm³/mol. The van der Waals surface area contributed by atoms with Crippen LogP contribution in [0.2, 0.25) is 5.02 Å². The van der Waals surface area contributed by atoms with Crippen molar-refractivity contribution in [2.45, 2.75) is 37.6 Å². The number of benzene rings is 1. The van der Waals surface area contributed by atoms with Crippen molar-refractivity contribution in [3.05, 3.63) is 23.2 Å². The van der Waals surface area contributed by atoms with Gasteiger partial charge in [0, 0.05) is 19.8 Å². The van der Waals surface area contributed by atoms with Crippen molar-refractivity contribution in [2.75, 3.05) is 24.3 Å². The Morgan fingerprint density at radius 3 is 2.50 bits per heavy atom. The maximum absolute atomic E-state index is 12.3. The molecule has 0 radical (unpaired) electrons. The van der Waals surface area contributed by atoms with Gasteiger partial charge in [-0.05, 0) is 31.0 Å². The molecule has 0 atom stereocenters. The molecule has 1 aliphatic rings. The standard InChI is InChI=1S/C15H22ClN3O/c1-19(2)13-7-6-11(10-12(13)16)18-14(20)15(17)8-4-3-5-9-15/h6-7,10H,3-5,8-9,17H2,1-2H3,(H,18,20). The lowest BCUT2D eigenvalue weighted by molar-refractivity contribution is -0.122. The van der Waals surface area contributed by atoms with Gasteiger partial charge in [-0.2, -0.15) is 0 Å². The van der Waals surface area contributed by atoms with E-state index in [4.69, 9.17) is 17.3 Å². The molecule has 0 unspecified atom stereocenters. The zero-order valence-electron chi connectivity index (χ0n) is 12.1. The second-order valence-corrected chi connectivity index (χ2v) is 6.14. The summed E-state index contributed by atoms with van der Waals surface area (Å²) in [5.74, 6) is -0.106. The Morgan fingerprint density at radius 2 is 1.95 bits per heavy atom. The molecule has 5 heteroatoms. The molecule has 0 heterocycles. The van der Waals surface area contributed by atoms with Gasteiger partial charge in [-0.15, -0.1) is 0 Å². The average Bonchev–Trinajstić information content (AvgIpc) is 2.39. The van der Waals surface area contributed by atoms with Crippen LogP contribution in [0.1, 0.15) is 32.1 Å². The summed E-state index contributed by atoms with van der Waals surface area (Å²) in [4.78, 5) is 14.3. The molecule has 4 nitrogen and oxygen atoms in total. The molecule has 0 bridgehead atoms. The molecular formula is C15H22ClN3O. The fourth-order valence-electron chi connectivity index (χ4n) is 2.61. The highest BCUT2D eigenvalue weighted by Gasteiger charge is 2.35. The third-order valence-corrected chi connectivity index (χ3v) is 4.19. The minimum Gasteiger partial charge on any atom is -0.376 e. The third kappa shape index (κ3) is 3.25. The van der Waals surface area contributed by atoms with E-state index in [-0.39, 0.29) is 5.91 Å². The van der Waals surface area contributed by atoms with E-state index in [0.717, 1.165) is 37.8 Å². The summed E-state index contributed by atoms with van der Waals surface area (Å²) in [5.41, 5.74) is 7.10. The summed E-state index contributed by atoms with van der Waals surface area (Å²) in [6.07, 6.45) is 4.70. The number of nitrogens with two attached hydrogens (primary N) is 1. The van der Waals surface area contributed by atoms with Crippen LogP contribution in [0, 0.1) is 0 Å². The van der Waals surface area contributed by atoms with Gasteiger partial charge >= 0.3 is 0 Å². The Labute approximate surface area is 125 Å². The molecule has 3 N–H and O–H groups in total. The van der Waals surface area contributed by atoms with Gasteiger partial charge in [0.05, 0.1) is 16.2 Å². The van der Waals surface area contributed by atoms with Gasteiger partial charge in [-0.25, -0.2) is 0 Å². The van der Waals surface area contributed by atoms with Crippen LogP contribution in [0.25, 0.3) is 0 Å². The van der Waals surface area contributed by atoms with Gasteiger partial charge in [-0.3, -0.25) is 4.79 Å². The van der Waals surface area contributed by atoms with Crippen LogP contribution < -0.4 is 16.0 Å². The van der Waals surface area contributed by atoms with Crippen molar-refractivity contribution >= 4 is 28.9 Å². The number of nitrogens with zero attached hydrogens (tertiary/aromatic N) is 1. The highest BCUT2D eigenvalue weighted by molar-refractivity contribution is 6.33. The zero-order valence-corrected chi connectivity index (χ0v) is 12.8. The van der Waals surface area contributed by atoms with Crippen LogP contribution in [0.5, 0.6) is 0 Å². The normalized spacial score (nSPS) is 17.6. The number of carbonyl (C=O) groups is 1. The highest BCUT2D eigenvalue weighted by atomic mass is 35.5. The van der Waals surface area contributed by atoms with Crippen molar-refractivity contribution < 1.29 is 4.79 Å². The first-order chi connectivity index (χ1) is 9.42. The second kappa shape index (κ2) is 6.02. The number of hydrogen-bond donors (Lipinski definition) is 2. The summed E-state index contributed by atoms with van der Waals surface area (Å²) in [7, 11) is 3.85. The second-order valence-electron chi connectivity index (χ2n) is 5.73. The van der Waals surface area contributed by atoms with Gasteiger partial charge in [0.25, 0.3) is 0 Å². The smallest absolute Gasteiger partial charge is 0.244 e. The first-order valence-electron chi connectivity index (χ1n) is 6.99. The Bertz CT molecular complexity index is 496. The van der Waals surface area contributed by atoms with E-state index in [1.165, 1.54) is 0 Å². The summed E-state index contributed by atoms with van der Waals surface area (Å²) in [6.45, 7) is 0. The van der Waals surface area contributed by atoms with E-state index in [1.54, 1.807) is 6.07 Å². The number of amides is 1. The highest BCUT2D eigenvalue weighted by Crippen LogP contribution is 2.30. The molecule has 110 valence electrons. The summed E-state index contributed by atoms with van der Waals surface area (Å²) < 4.78 is 0. The van der Waals surface area contributed by atoms with Crippen molar-refractivity contribution in [2.24, 2.45) is 5.73 Å². The molecule has 0 aromatic heterocycles. The van der Waals surface area contributed by atoms with Crippen molar-refractivity contribution in [1.82, 2.24) is 0 Å². The summed E-state index contributed by atoms with van der Waals surface area (Å²) in [5, 5.41) is 3.51. The molecule has 1 amide bonds. The topological polar surface area (TPSA) is 58.4 Å². The Balaban J connectivity index is 2.10. The maximum atomic E-state index is 12.3. The number of nitrogens with one attached hydrogen (secondary N) is 1. The summed E-state index contributed by atoms with van der Waals surface area (Å²) >= 11 is 6.20. The van der Waals surface area contributed by atoms with Gasteiger partial charge in [0.1, 0.15) is 0 Å². The maximum Gasteiger partial charge on any atom is 0.244 e. The Morgan fingerprint density at radius 1 is 1.30 bits per heavy atom. The van der Waals surface area contributed by atoms with Crippen LogP contribution in [0.3, 0.4) is 0 Å². The van der Waals surface area contributed by atoms with Crippen LogP contribution in [-0.2, 0) is 4.79 Å². The quantitative estimate of drug-likeness (QED) is 0.901. The molecule has 20 heavy (non-hydrogen) atoms. The van der Waals surface area contributed by atoms with Crippen LogP contribution >= 0.6 is 11.6 Å². The fraction of sp³-hybridized carbons (Fsp3) is 0.533. The van der Waals surface area contributed by atoms with Crippen molar-refractivity contribution in [1.29, 1.82) is 0 Å². The summed E-state index contributed by atoms with van der Waals surface area (Å²) in [6, 6.07) is 5.51. The minimum atomic E-state index is -0.731. The van der Waals surface area contributed by atoms with Crippen molar-refractivity contribution in [3.8, 4) is 0 Å². The van der Waals surface area contributed by atoms with Crippen molar-refractivity contribution in [3.63, 3.8) is 0 Å². The largest absolute Gasteiger partial charge is 0.376 e. The molecular weight excluding hydrogens is 274 g/mol. The van der Waals surface area contributed by atoms with E-state index in [2.05, 4.69) is 5.32 Å². The molecule has 1 saturated carbocycles. The predicted octanol–water partition coefficient (Wildman–Crippen LogP) is 3.01. The lowest BCUT2D eigenvalue weighted by Gasteiger charge is -2.31. The molecule has 1 aliphatic carbocycles. The number of anilines is 2. The SMILES string of the molecule is CN(C)c1ccc(NC(=O)C2(N)CCCCC2)cc1Cl. The molecule has 2 rings (SSSR count). The minimum absolute atomic E-state index is 0.106. The monoisotopic (exact) mass is 295 g/mol. The Kier molecular flexibility index (Phi) is 4.55. The van der Waals surface area contributed by atoms with E-state index in [1.807, 2.05) is 31.1 Å². The number of hydrogen-bond acceptors (Lipinski definition) is 3. The molecule has 0 spiro atoms. The average molecular weight is 296 g/mol. The number of carbonyl (C=O) groups excluding carboxylic acids is 1. The number of halogens is 1. The third-order valence-electron chi connectivity index (χ3n) is 3.89. The van der Waals surface area contributed by atoms with Crippen LogP contribution in [-0.4, -0.2) is 25.5 Å². The Hall–Kier alpha value is -1.26. The molecule has 1 aromatic carbocycles. The first kappa shape index (κ1) is 15.1. The van der Waals surface area contributed by atoms with E-state index in [9.17, 15) is 4.79 Å². The van der Waals surface area contributed by atoms with Gasteiger partial charge in [-0.1, -0.05) is 30.9 Å². The lowest BCUT2D eigenvalue weighted by Crippen LogP contribution is -2.52. The molecule has 1 fully saturated rings. The molecule has 0 saturated heterocycles. The van der Waals surface area contributed by atoms with Gasteiger partial charge < -0.3 is 16.0 Å². The molecule has 0 aliphatic heterocycles. The molecule has 1 aromatic rings. The van der Waals surface area contributed by atoms with Crippen LogP contribution in [0.15, 0.2) is 18.2 Å². The van der Waals surface area contributed by atoms with Crippen LogP contribution in [0.4, 0.5) is 11.4 Å². The van der Waals surface area contributed by atoms with E-state index < -0.39 is 5.54 Å². The number of rotatable bonds is 3. The van der Waals surface area contributed by atoms with Gasteiger partial charge in [0.15, 0.2) is 0 Å². The zero-order chi connectivity index (χ0) is 14.8. The van der Waals surface area contributed by atoms with Gasteiger partial charge in [0.2, 0.25) is 5.91 Å². The fourth-order valence-corrected chi connectivity index (χ4v) is 2.96. The first-order valence-corrected chi connectivity index (χ1v) is 7.37. The van der Waals surface area contributed by atoms with E-state index in [0.29, 0.717) is 10.7 Å². The lowest BCUT2D eigenvalue weighted by atomic mass is 9.82.